The molecule has 0 saturated carbocycles. The minimum atomic E-state index is -0.356. The Kier molecular flexibility index (Phi) is 6.78. The van der Waals surface area contributed by atoms with E-state index in [9.17, 15) is 9.59 Å². The number of rotatable bonds is 6. The second kappa shape index (κ2) is 9.05. The Morgan fingerprint density at radius 2 is 2.08 bits per heavy atom. The lowest BCUT2D eigenvalue weighted by molar-refractivity contribution is -0.124. The van der Waals surface area contributed by atoms with Crippen LogP contribution in [0.4, 0.5) is 0 Å². The van der Waals surface area contributed by atoms with E-state index in [1.54, 1.807) is 16.7 Å². The summed E-state index contributed by atoms with van der Waals surface area (Å²) >= 11 is 3.15. The minimum absolute atomic E-state index is 0.00892. The molecule has 25 heavy (non-hydrogen) atoms. The molecule has 0 spiro atoms. The van der Waals surface area contributed by atoms with Crippen LogP contribution in [0, 0.1) is 0 Å². The summed E-state index contributed by atoms with van der Waals surface area (Å²) in [6.07, 6.45) is 4.70. The van der Waals surface area contributed by atoms with Gasteiger partial charge in [-0.2, -0.15) is 0 Å². The maximum atomic E-state index is 12.8. The molecule has 0 aromatic carbocycles. The largest absolute Gasteiger partial charge is 0.353 e. The third kappa shape index (κ3) is 4.57. The van der Waals surface area contributed by atoms with E-state index < -0.39 is 0 Å². The van der Waals surface area contributed by atoms with Gasteiger partial charge in [-0.1, -0.05) is 19.4 Å². The van der Waals surface area contributed by atoms with Gasteiger partial charge in [0.2, 0.25) is 5.91 Å². The Morgan fingerprint density at radius 3 is 2.76 bits per heavy atom. The van der Waals surface area contributed by atoms with Crippen LogP contribution in [0.3, 0.4) is 0 Å². The van der Waals surface area contributed by atoms with Gasteiger partial charge >= 0.3 is 0 Å². The molecule has 1 aromatic rings. The highest BCUT2D eigenvalue weighted by atomic mass is 32.2. The molecule has 2 aliphatic rings. The molecule has 3 rings (SSSR count). The molecule has 0 bridgehead atoms. The lowest BCUT2D eigenvalue weighted by Crippen LogP contribution is -2.50. The summed E-state index contributed by atoms with van der Waals surface area (Å²) in [5.41, 5.74) is 0. The van der Waals surface area contributed by atoms with Gasteiger partial charge in [-0.25, -0.2) is 0 Å². The predicted octanol–water partition coefficient (Wildman–Crippen LogP) is 2.64. The third-order valence-corrected chi connectivity index (χ3v) is 7.20. The molecule has 1 N–H and O–H groups in total. The van der Waals surface area contributed by atoms with Crippen molar-refractivity contribution in [3.8, 4) is 0 Å². The first kappa shape index (κ1) is 18.7. The summed E-state index contributed by atoms with van der Waals surface area (Å²) < 4.78 is 0. The van der Waals surface area contributed by atoms with E-state index in [0.29, 0.717) is 17.2 Å². The van der Waals surface area contributed by atoms with E-state index in [1.807, 2.05) is 17.5 Å². The van der Waals surface area contributed by atoms with Crippen LogP contribution in [0.25, 0.3) is 0 Å². The van der Waals surface area contributed by atoms with E-state index in [4.69, 9.17) is 0 Å². The van der Waals surface area contributed by atoms with Crippen LogP contribution in [0.15, 0.2) is 17.5 Å². The van der Waals surface area contributed by atoms with E-state index >= 15 is 0 Å². The number of hydrogen-bond donors (Lipinski definition) is 1. The van der Waals surface area contributed by atoms with Gasteiger partial charge in [0, 0.05) is 18.8 Å². The average molecular weight is 382 g/mol. The highest BCUT2D eigenvalue weighted by Gasteiger charge is 2.41. The fraction of sp³-hybridized carbons (Fsp3) is 0.667. The molecule has 1 aromatic heterocycles. The van der Waals surface area contributed by atoms with Crippen LogP contribution in [0.1, 0.15) is 42.3 Å². The number of nitrogens with zero attached hydrogens (tertiary/aromatic N) is 2. The van der Waals surface area contributed by atoms with Crippen LogP contribution in [-0.2, 0) is 4.79 Å². The van der Waals surface area contributed by atoms with Crippen LogP contribution >= 0.6 is 23.1 Å². The number of thiophene rings is 1. The zero-order valence-corrected chi connectivity index (χ0v) is 16.4. The van der Waals surface area contributed by atoms with Crippen molar-refractivity contribution in [3.63, 3.8) is 0 Å². The average Bonchev–Trinajstić information content (AvgIpc) is 3.31. The quantitative estimate of drug-likeness (QED) is 0.823. The number of nitrogens with one attached hydrogen (secondary N) is 1. The lowest BCUT2D eigenvalue weighted by atomic mass is 10.1. The number of piperidine rings is 1. The van der Waals surface area contributed by atoms with Gasteiger partial charge in [0.1, 0.15) is 6.04 Å². The molecule has 2 unspecified atom stereocenters. The second-order valence-corrected chi connectivity index (χ2v) is 8.75. The normalized spacial score (nSPS) is 24.4. The molecule has 2 saturated heterocycles. The first-order valence-corrected chi connectivity index (χ1v) is 11.1. The molecule has 138 valence electrons. The number of carbonyl (C=O) groups excluding carboxylic acids is 2. The standard InChI is InChI=1S/C18H27N3O2S2/c1-2-16-21(18(23)15-7-6-12-24-15)14(13-25-16)17(22)19-8-11-20-9-4-3-5-10-20/h6-7,12,14,16H,2-5,8-11,13H2,1H3,(H,19,22). The highest BCUT2D eigenvalue weighted by Crippen LogP contribution is 2.33. The summed E-state index contributed by atoms with van der Waals surface area (Å²) in [4.78, 5) is 30.5. The maximum absolute atomic E-state index is 12.8. The third-order valence-electron chi connectivity index (χ3n) is 4.89. The van der Waals surface area contributed by atoms with Crippen LogP contribution in [-0.4, -0.2) is 65.0 Å². The fourth-order valence-electron chi connectivity index (χ4n) is 3.52. The van der Waals surface area contributed by atoms with Crippen molar-refractivity contribution in [1.82, 2.24) is 15.1 Å². The number of amides is 2. The number of thioether (sulfide) groups is 1. The van der Waals surface area contributed by atoms with Gasteiger partial charge in [0.25, 0.3) is 5.91 Å². The summed E-state index contributed by atoms with van der Waals surface area (Å²) in [6.45, 7) is 5.91. The molecule has 2 fully saturated rings. The van der Waals surface area contributed by atoms with Crippen molar-refractivity contribution in [2.75, 3.05) is 31.9 Å². The number of hydrogen-bond acceptors (Lipinski definition) is 5. The predicted molar refractivity (Wildman–Crippen MR) is 104 cm³/mol. The highest BCUT2D eigenvalue weighted by molar-refractivity contribution is 8.00. The van der Waals surface area contributed by atoms with Crippen molar-refractivity contribution in [2.45, 2.75) is 44.0 Å². The van der Waals surface area contributed by atoms with Gasteiger partial charge in [0.05, 0.1) is 10.3 Å². The molecule has 3 heterocycles. The molecule has 0 aliphatic carbocycles. The van der Waals surface area contributed by atoms with Crippen molar-refractivity contribution >= 4 is 34.9 Å². The maximum Gasteiger partial charge on any atom is 0.265 e. The SMILES string of the molecule is CCC1SCC(C(=O)NCCN2CCCCC2)N1C(=O)c1cccs1. The smallest absolute Gasteiger partial charge is 0.265 e. The summed E-state index contributed by atoms with van der Waals surface area (Å²) in [5.74, 6) is 0.666. The van der Waals surface area contributed by atoms with Crippen molar-refractivity contribution < 1.29 is 9.59 Å². The molecule has 2 atom stereocenters. The fourth-order valence-corrected chi connectivity index (χ4v) is 5.54. The zero-order chi connectivity index (χ0) is 17.6. The van der Waals surface area contributed by atoms with E-state index in [-0.39, 0.29) is 23.2 Å². The Hall–Kier alpha value is -1.05. The van der Waals surface area contributed by atoms with Crippen molar-refractivity contribution in [1.29, 1.82) is 0 Å². The van der Waals surface area contributed by atoms with Gasteiger partial charge < -0.3 is 15.1 Å². The molecular formula is C18H27N3O2S2. The van der Waals surface area contributed by atoms with Gasteiger partial charge in [-0.15, -0.1) is 23.1 Å². The molecule has 7 heteroatoms. The van der Waals surface area contributed by atoms with Gasteiger partial charge in [-0.05, 0) is 43.8 Å². The molecular weight excluding hydrogens is 354 g/mol. The first-order valence-electron chi connectivity index (χ1n) is 9.18. The van der Waals surface area contributed by atoms with Crippen LogP contribution in [0.5, 0.6) is 0 Å². The second-order valence-electron chi connectivity index (χ2n) is 6.60. The Labute approximate surface area is 158 Å². The Balaban J connectivity index is 1.57. The minimum Gasteiger partial charge on any atom is -0.353 e. The van der Waals surface area contributed by atoms with Crippen molar-refractivity contribution in [3.05, 3.63) is 22.4 Å². The zero-order valence-electron chi connectivity index (χ0n) is 14.8. The van der Waals surface area contributed by atoms with E-state index in [2.05, 4.69) is 17.1 Å². The van der Waals surface area contributed by atoms with Gasteiger partial charge in [-0.3, -0.25) is 9.59 Å². The van der Waals surface area contributed by atoms with Crippen LogP contribution in [0.2, 0.25) is 0 Å². The number of carbonyl (C=O) groups is 2. The number of likely N-dealkylation sites (tertiary alicyclic amines) is 1. The summed E-state index contributed by atoms with van der Waals surface area (Å²) in [7, 11) is 0. The molecule has 5 nitrogen and oxygen atoms in total. The Bertz CT molecular complexity index is 573. The summed E-state index contributed by atoms with van der Waals surface area (Å²) in [5, 5.41) is 5.06. The Morgan fingerprint density at radius 1 is 1.28 bits per heavy atom. The van der Waals surface area contributed by atoms with E-state index in [1.165, 1.54) is 30.6 Å². The van der Waals surface area contributed by atoms with Gasteiger partial charge in [0.15, 0.2) is 0 Å². The van der Waals surface area contributed by atoms with Crippen LogP contribution < -0.4 is 5.32 Å². The molecule has 0 radical (unpaired) electrons. The first-order chi connectivity index (χ1) is 12.2. The molecule has 2 aliphatic heterocycles. The van der Waals surface area contributed by atoms with E-state index in [0.717, 1.165) is 26.1 Å². The topological polar surface area (TPSA) is 52.7 Å². The lowest BCUT2D eigenvalue weighted by Gasteiger charge is -2.29. The molecule has 2 amide bonds. The van der Waals surface area contributed by atoms with Crippen molar-refractivity contribution in [2.24, 2.45) is 0 Å². The monoisotopic (exact) mass is 381 g/mol. The summed E-state index contributed by atoms with van der Waals surface area (Å²) in [6, 6.07) is 3.37.